The summed E-state index contributed by atoms with van der Waals surface area (Å²) in [5.74, 6) is -0.232. The van der Waals surface area contributed by atoms with Gasteiger partial charge in [-0.15, -0.1) is 15.3 Å². The highest BCUT2D eigenvalue weighted by Gasteiger charge is 2.38. The third-order valence-corrected chi connectivity index (χ3v) is 5.89. The summed E-state index contributed by atoms with van der Waals surface area (Å²) >= 11 is 6.27. The van der Waals surface area contributed by atoms with E-state index in [1.54, 1.807) is 18.2 Å². The molecule has 0 atom stereocenters. The minimum Gasteiger partial charge on any atom is -0.486 e. The Morgan fingerprint density at radius 1 is 1.09 bits per heavy atom. The SMILES string of the molecule is O=C(Nc1cc2c(cc1Cl)OCCO2)C1CCN(c2ccc3nnc(C(F)(F)F)n3n2)CC1. The number of piperidine rings is 1. The summed E-state index contributed by atoms with van der Waals surface area (Å²) in [5, 5.41) is 14.0. The number of hydrogen-bond donors (Lipinski definition) is 1. The molecule has 174 valence electrons. The molecule has 0 unspecified atom stereocenters. The second kappa shape index (κ2) is 8.25. The van der Waals surface area contributed by atoms with Crippen LogP contribution in [0.15, 0.2) is 24.3 Å². The van der Waals surface area contributed by atoms with Gasteiger partial charge in [0.15, 0.2) is 17.1 Å². The molecule has 1 N–H and O–H groups in total. The van der Waals surface area contributed by atoms with Crippen molar-refractivity contribution in [2.75, 3.05) is 36.5 Å². The minimum absolute atomic E-state index is 0.0108. The highest BCUT2D eigenvalue weighted by atomic mass is 35.5. The van der Waals surface area contributed by atoms with E-state index in [4.69, 9.17) is 21.1 Å². The van der Waals surface area contributed by atoms with E-state index in [9.17, 15) is 18.0 Å². The summed E-state index contributed by atoms with van der Waals surface area (Å²) in [4.78, 5) is 14.6. The zero-order chi connectivity index (χ0) is 23.2. The Kier molecular flexibility index (Phi) is 5.39. The average molecular weight is 483 g/mol. The molecule has 0 aliphatic carbocycles. The zero-order valence-corrected chi connectivity index (χ0v) is 17.9. The molecule has 13 heteroatoms. The van der Waals surface area contributed by atoms with E-state index >= 15 is 0 Å². The number of benzene rings is 1. The highest BCUT2D eigenvalue weighted by molar-refractivity contribution is 6.34. The van der Waals surface area contributed by atoms with E-state index in [2.05, 4.69) is 20.6 Å². The summed E-state index contributed by atoms with van der Waals surface area (Å²) < 4.78 is 51.1. The molecule has 2 aliphatic rings. The molecule has 0 spiro atoms. The lowest BCUT2D eigenvalue weighted by Gasteiger charge is -2.32. The normalized spacial score (nSPS) is 16.8. The van der Waals surface area contributed by atoms with Crippen LogP contribution in [0.4, 0.5) is 24.7 Å². The summed E-state index contributed by atoms with van der Waals surface area (Å²) in [7, 11) is 0. The molecule has 2 aliphatic heterocycles. The third kappa shape index (κ3) is 4.22. The van der Waals surface area contributed by atoms with Gasteiger partial charge in [-0.3, -0.25) is 4.79 Å². The third-order valence-electron chi connectivity index (χ3n) is 5.58. The van der Waals surface area contributed by atoms with Crippen molar-refractivity contribution in [1.82, 2.24) is 19.8 Å². The van der Waals surface area contributed by atoms with Gasteiger partial charge in [-0.2, -0.15) is 17.7 Å². The number of nitrogens with one attached hydrogen (secondary N) is 1. The predicted octanol–water partition coefficient (Wildman–Crippen LogP) is 3.42. The Balaban J connectivity index is 1.25. The van der Waals surface area contributed by atoms with Crippen molar-refractivity contribution >= 4 is 34.7 Å². The Hall–Kier alpha value is -3.28. The molecular weight excluding hydrogens is 465 g/mol. The maximum absolute atomic E-state index is 13.1. The van der Waals surface area contributed by atoms with E-state index in [1.807, 2.05) is 4.90 Å². The fourth-order valence-corrected chi connectivity index (χ4v) is 4.09. The number of nitrogens with zero attached hydrogens (tertiary/aromatic N) is 5. The van der Waals surface area contributed by atoms with Gasteiger partial charge in [-0.05, 0) is 25.0 Å². The van der Waals surface area contributed by atoms with Crippen LogP contribution in [0, 0.1) is 5.92 Å². The van der Waals surface area contributed by atoms with Gasteiger partial charge in [0.2, 0.25) is 5.91 Å². The number of alkyl halides is 3. The van der Waals surface area contributed by atoms with Crippen molar-refractivity contribution in [3.05, 3.63) is 35.1 Å². The van der Waals surface area contributed by atoms with Crippen LogP contribution in [0.25, 0.3) is 5.65 Å². The fraction of sp³-hybridized carbons (Fsp3) is 0.400. The Bertz CT molecular complexity index is 1210. The number of carbonyl (C=O) groups is 1. The van der Waals surface area contributed by atoms with Crippen LogP contribution in [0.1, 0.15) is 18.7 Å². The van der Waals surface area contributed by atoms with Crippen LogP contribution in [0.3, 0.4) is 0 Å². The first-order chi connectivity index (χ1) is 15.8. The maximum atomic E-state index is 13.1. The number of hydrogen-bond acceptors (Lipinski definition) is 7. The van der Waals surface area contributed by atoms with E-state index in [0.717, 1.165) is 0 Å². The zero-order valence-electron chi connectivity index (χ0n) is 17.1. The van der Waals surface area contributed by atoms with Gasteiger partial charge in [0.05, 0.1) is 10.7 Å². The van der Waals surface area contributed by atoms with E-state index < -0.39 is 12.0 Å². The summed E-state index contributed by atoms with van der Waals surface area (Å²) in [6.45, 7) is 1.76. The van der Waals surface area contributed by atoms with Crippen LogP contribution in [0.5, 0.6) is 11.5 Å². The molecule has 1 fully saturated rings. The first-order valence-corrected chi connectivity index (χ1v) is 10.6. The molecule has 5 rings (SSSR count). The largest absolute Gasteiger partial charge is 0.486 e. The molecule has 1 saturated heterocycles. The van der Waals surface area contributed by atoms with Crippen LogP contribution in [-0.2, 0) is 11.0 Å². The number of amides is 1. The Morgan fingerprint density at radius 3 is 2.48 bits per heavy atom. The van der Waals surface area contributed by atoms with Gasteiger partial charge >= 0.3 is 6.18 Å². The van der Waals surface area contributed by atoms with Crippen LogP contribution in [0.2, 0.25) is 5.02 Å². The van der Waals surface area contributed by atoms with Crippen molar-refractivity contribution in [1.29, 1.82) is 0 Å². The topological polar surface area (TPSA) is 93.9 Å². The number of rotatable bonds is 3. The van der Waals surface area contributed by atoms with Crippen LogP contribution in [-0.4, -0.2) is 52.0 Å². The lowest BCUT2D eigenvalue weighted by molar-refractivity contribution is -0.146. The van der Waals surface area contributed by atoms with Crippen molar-refractivity contribution in [3.8, 4) is 11.5 Å². The summed E-state index contributed by atoms with van der Waals surface area (Å²) in [5.41, 5.74) is 0.449. The molecule has 0 bridgehead atoms. The molecule has 33 heavy (non-hydrogen) atoms. The second-order valence-corrected chi connectivity index (χ2v) is 8.12. The lowest BCUT2D eigenvalue weighted by atomic mass is 9.96. The average Bonchev–Trinajstić information content (AvgIpc) is 3.23. The summed E-state index contributed by atoms with van der Waals surface area (Å²) in [6.07, 6.45) is -3.66. The van der Waals surface area contributed by atoms with E-state index in [1.165, 1.54) is 6.07 Å². The molecule has 0 saturated carbocycles. The fourth-order valence-electron chi connectivity index (χ4n) is 3.89. The number of anilines is 2. The van der Waals surface area contributed by atoms with Gasteiger partial charge in [0.1, 0.15) is 19.0 Å². The standard InChI is InChI=1S/C20H18ClF3N6O3/c21-12-9-14-15(33-8-7-32-14)10-13(12)25-18(31)11-3-5-29(6-4-11)17-2-1-16-26-27-19(20(22,23)24)30(16)28-17/h1-2,9-11H,3-8H2,(H,25,31). The first-order valence-electron chi connectivity index (χ1n) is 10.2. The molecular formula is C20H18ClF3N6O3. The number of aromatic nitrogens is 4. The van der Waals surface area contributed by atoms with Crippen molar-refractivity contribution in [2.24, 2.45) is 5.92 Å². The van der Waals surface area contributed by atoms with Crippen molar-refractivity contribution in [2.45, 2.75) is 19.0 Å². The molecule has 2 aromatic heterocycles. The quantitative estimate of drug-likeness (QED) is 0.611. The van der Waals surface area contributed by atoms with Gasteiger partial charge in [0.25, 0.3) is 5.82 Å². The smallest absolute Gasteiger partial charge is 0.453 e. The predicted molar refractivity (Wildman–Crippen MR) is 112 cm³/mol. The second-order valence-electron chi connectivity index (χ2n) is 7.71. The number of fused-ring (bicyclic) bond motifs is 2. The van der Waals surface area contributed by atoms with Gasteiger partial charge in [-0.25, -0.2) is 0 Å². The Labute approximate surface area is 190 Å². The number of carbonyl (C=O) groups excluding carboxylic acids is 1. The monoisotopic (exact) mass is 482 g/mol. The molecule has 0 radical (unpaired) electrons. The lowest BCUT2D eigenvalue weighted by Crippen LogP contribution is -2.38. The summed E-state index contributed by atoms with van der Waals surface area (Å²) in [6, 6.07) is 6.28. The molecule has 9 nitrogen and oxygen atoms in total. The Morgan fingerprint density at radius 2 is 1.79 bits per heavy atom. The van der Waals surface area contributed by atoms with Crippen LogP contribution < -0.4 is 19.7 Å². The molecule has 4 heterocycles. The number of halogens is 4. The maximum Gasteiger partial charge on any atom is 0.453 e. The van der Waals surface area contributed by atoms with Crippen molar-refractivity contribution in [3.63, 3.8) is 0 Å². The molecule has 3 aromatic rings. The van der Waals surface area contributed by atoms with Crippen LogP contribution >= 0.6 is 11.6 Å². The molecule has 1 amide bonds. The molecule has 1 aromatic carbocycles. The van der Waals surface area contributed by atoms with Gasteiger partial charge in [0, 0.05) is 31.1 Å². The number of ether oxygens (including phenoxy) is 2. The van der Waals surface area contributed by atoms with Crippen molar-refractivity contribution < 1.29 is 27.4 Å². The van der Waals surface area contributed by atoms with E-state index in [0.29, 0.717) is 71.7 Å². The van der Waals surface area contributed by atoms with Gasteiger partial charge in [-0.1, -0.05) is 11.6 Å². The minimum atomic E-state index is -4.66. The first kappa shape index (κ1) is 21.6. The highest BCUT2D eigenvalue weighted by Crippen LogP contribution is 2.38. The van der Waals surface area contributed by atoms with E-state index in [-0.39, 0.29) is 17.5 Å². The van der Waals surface area contributed by atoms with Gasteiger partial charge < -0.3 is 19.7 Å².